The number of ether oxygens (including phenoxy) is 3. The van der Waals surface area contributed by atoms with E-state index in [4.69, 9.17) is 14.2 Å². The Labute approximate surface area is 554 Å². The van der Waals surface area contributed by atoms with Gasteiger partial charge < -0.3 is 45.1 Å². The molecule has 0 aromatic carbocycles. The number of allylic oxidation sites excluding steroid dienone is 9. The maximum absolute atomic E-state index is 13.5. The van der Waals surface area contributed by atoms with E-state index < -0.39 is 67.4 Å². The third kappa shape index (κ3) is 52.7. The maximum atomic E-state index is 13.5. The summed E-state index contributed by atoms with van der Waals surface area (Å²) in [5.74, 6) is -1.18. The van der Waals surface area contributed by atoms with Gasteiger partial charge in [0, 0.05) is 6.42 Å². The second kappa shape index (κ2) is 66.4. The minimum Gasteiger partial charge on any atom is -0.454 e. The third-order valence-corrected chi connectivity index (χ3v) is 18.1. The predicted molar refractivity (Wildman–Crippen MR) is 380 cm³/mol. The smallest absolute Gasteiger partial charge is 0.306 e. The molecule has 1 amide bonds. The molecule has 90 heavy (non-hydrogen) atoms. The van der Waals surface area contributed by atoms with Crippen molar-refractivity contribution in [3.63, 3.8) is 0 Å². The van der Waals surface area contributed by atoms with Crippen LogP contribution >= 0.6 is 0 Å². The summed E-state index contributed by atoms with van der Waals surface area (Å²) in [5, 5.41) is 57.4. The van der Waals surface area contributed by atoms with Crippen LogP contribution in [-0.4, -0.2) is 99.6 Å². The Morgan fingerprint density at radius 1 is 0.433 bits per heavy atom. The van der Waals surface area contributed by atoms with Crippen LogP contribution in [-0.2, 0) is 23.8 Å². The number of aliphatic hydroxyl groups is 5. The average Bonchev–Trinajstić information content (AvgIpc) is 1.18. The van der Waals surface area contributed by atoms with Gasteiger partial charge in [0.25, 0.3) is 0 Å². The van der Waals surface area contributed by atoms with Gasteiger partial charge in [-0.2, -0.15) is 0 Å². The lowest BCUT2D eigenvalue weighted by Crippen LogP contribution is -2.61. The summed E-state index contributed by atoms with van der Waals surface area (Å²) in [6.45, 7) is 5.80. The molecule has 1 rings (SSSR count). The van der Waals surface area contributed by atoms with Crippen molar-refractivity contribution >= 4 is 11.9 Å². The Hall–Kier alpha value is -2.64. The molecule has 8 unspecified atom stereocenters. The average molecular weight is 1270 g/mol. The van der Waals surface area contributed by atoms with Gasteiger partial charge in [0.15, 0.2) is 12.4 Å². The van der Waals surface area contributed by atoms with Crippen LogP contribution in [0.25, 0.3) is 0 Å². The highest BCUT2D eigenvalue weighted by molar-refractivity contribution is 5.80. The fourth-order valence-electron chi connectivity index (χ4n) is 12.1. The molecule has 8 atom stereocenters. The topological polar surface area (TPSA) is 175 Å². The molecule has 1 fully saturated rings. The first-order chi connectivity index (χ1) is 44.2. The zero-order valence-electron chi connectivity index (χ0n) is 58.8. The van der Waals surface area contributed by atoms with E-state index in [-0.39, 0.29) is 13.0 Å². The number of hydrogen-bond acceptors (Lipinski definition) is 10. The van der Waals surface area contributed by atoms with E-state index in [1.165, 1.54) is 250 Å². The minimum absolute atomic E-state index is 0.125. The molecule has 1 aliphatic rings. The lowest BCUT2D eigenvalue weighted by molar-refractivity contribution is -0.305. The predicted octanol–water partition coefficient (Wildman–Crippen LogP) is 20.5. The molecule has 0 saturated carbocycles. The Morgan fingerprint density at radius 2 is 0.767 bits per heavy atom. The Balaban J connectivity index is 2.51. The minimum atomic E-state index is -1.61. The first-order valence-corrected chi connectivity index (χ1v) is 38.6. The molecule has 11 heteroatoms. The van der Waals surface area contributed by atoms with Crippen LogP contribution in [0.1, 0.15) is 367 Å². The molecule has 0 radical (unpaired) electrons. The van der Waals surface area contributed by atoms with Gasteiger partial charge in [0.05, 0.1) is 25.4 Å². The number of carbonyl (C=O) groups excluding carboxylic acids is 2. The summed E-state index contributed by atoms with van der Waals surface area (Å²) >= 11 is 0. The largest absolute Gasteiger partial charge is 0.454 e. The Morgan fingerprint density at radius 3 is 1.16 bits per heavy atom. The van der Waals surface area contributed by atoms with Crippen LogP contribution in [0.15, 0.2) is 60.8 Å². The van der Waals surface area contributed by atoms with Crippen molar-refractivity contribution in [3.05, 3.63) is 60.8 Å². The molecule has 6 N–H and O–H groups in total. The fourth-order valence-corrected chi connectivity index (χ4v) is 12.1. The number of hydrogen-bond donors (Lipinski definition) is 6. The van der Waals surface area contributed by atoms with Gasteiger partial charge in [0.1, 0.15) is 24.4 Å². The second-order valence-electron chi connectivity index (χ2n) is 26.7. The van der Waals surface area contributed by atoms with Crippen LogP contribution in [0.5, 0.6) is 0 Å². The molecule has 0 aliphatic carbocycles. The van der Waals surface area contributed by atoms with Gasteiger partial charge in [-0.05, 0) is 89.9 Å². The second-order valence-corrected chi connectivity index (χ2v) is 26.7. The highest BCUT2D eigenvalue weighted by atomic mass is 16.7. The Kier molecular flexibility index (Phi) is 63.0. The highest BCUT2D eigenvalue weighted by Gasteiger charge is 2.47. The van der Waals surface area contributed by atoms with Crippen LogP contribution < -0.4 is 5.32 Å². The quantitative estimate of drug-likeness (QED) is 0.0195. The van der Waals surface area contributed by atoms with Crippen molar-refractivity contribution in [1.82, 2.24) is 5.32 Å². The molecular formula is C79H145NO10. The highest BCUT2D eigenvalue weighted by Crippen LogP contribution is 2.27. The first kappa shape index (κ1) is 85.4. The van der Waals surface area contributed by atoms with Gasteiger partial charge >= 0.3 is 5.97 Å². The number of esters is 1. The summed E-state index contributed by atoms with van der Waals surface area (Å²) in [7, 11) is 0. The number of unbranched alkanes of at least 4 members (excludes halogenated alkanes) is 45. The molecular weight excluding hydrogens is 1120 g/mol. The molecule has 1 aliphatic heterocycles. The molecule has 1 heterocycles. The van der Waals surface area contributed by atoms with E-state index >= 15 is 0 Å². The van der Waals surface area contributed by atoms with Gasteiger partial charge in [-0.15, -0.1) is 0 Å². The van der Waals surface area contributed by atoms with Crippen molar-refractivity contribution in [2.45, 2.75) is 416 Å². The molecule has 0 spiro atoms. The van der Waals surface area contributed by atoms with Gasteiger partial charge in [-0.1, -0.05) is 332 Å². The maximum Gasteiger partial charge on any atom is 0.306 e. The number of amides is 1. The zero-order chi connectivity index (χ0) is 65.3. The summed E-state index contributed by atoms with van der Waals surface area (Å²) in [6, 6.07) is -1.02. The number of aliphatic hydroxyl groups excluding tert-OH is 5. The number of rotatable bonds is 67. The fraction of sp³-hybridized carbons (Fsp3) is 0.848. The number of carbonyl (C=O) groups is 2. The van der Waals surface area contributed by atoms with Gasteiger partial charge in [-0.25, -0.2) is 0 Å². The monoisotopic (exact) mass is 1270 g/mol. The number of nitrogens with one attached hydrogen (secondary N) is 1. The van der Waals surface area contributed by atoms with Crippen LogP contribution in [0.3, 0.4) is 0 Å². The van der Waals surface area contributed by atoms with Gasteiger partial charge in [-0.3, -0.25) is 9.59 Å². The zero-order valence-corrected chi connectivity index (χ0v) is 58.8. The van der Waals surface area contributed by atoms with Gasteiger partial charge in [0.2, 0.25) is 5.91 Å². The van der Waals surface area contributed by atoms with Crippen molar-refractivity contribution in [2.75, 3.05) is 13.2 Å². The third-order valence-electron chi connectivity index (χ3n) is 18.1. The van der Waals surface area contributed by atoms with Crippen molar-refractivity contribution in [3.8, 4) is 0 Å². The SMILES string of the molecule is CCCCC/C=C\C/C=C\CCCCCCCCCCCCCCCCCC(=O)OC1C(OCC(NC(=O)C(O)CCCCCCCCCCCCCCCC/C=C\C/C=C\CCCCC)C(O)/C=C/CCCCCCCCCCCC)OC(CO)C(O)C1O. The molecule has 0 aromatic rings. The summed E-state index contributed by atoms with van der Waals surface area (Å²) in [6.07, 6.45) is 75.5. The summed E-state index contributed by atoms with van der Waals surface area (Å²) < 4.78 is 17.7. The van der Waals surface area contributed by atoms with E-state index in [2.05, 4.69) is 74.7 Å². The van der Waals surface area contributed by atoms with E-state index in [1.807, 2.05) is 6.08 Å². The van der Waals surface area contributed by atoms with E-state index in [1.54, 1.807) is 6.08 Å². The van der Waals surface area contributed by atoms with E-state index in [0.29, 0.717) is 19.3 Å². The molecule has 0 aromatic heterocycles. The first-order valence-electron chi connectivity index (χ1n) is 38.6. The van der Waals surface area contributed by atoms with Crippen molar-refractivity contribution in [1.29, 1.82) is 0 Å². The molecule has 1 saturated heterocycles. The lowest BCUT2D eigenvalue weighted by atomic mass is 9.99. The summed E-state index contributed by atoms with van der Waals surface area (Å²) in [4.78, 5) is 26.7. The molecule has 526 valence electrons. The normalized spacial score (nSPS) is 18.3. The molecule has 11 nitrogen and oxygen atoms in total. The van der Waals surface area contributed by atoms with Crippen LogP contribution in [0.2, 0.25) is 0 Å². The van der Waals surface area contributed by atoms with Crippen molar-refractivity contribution in [2.24, 2.45) is 0 Å². The van der Waals surface area contributed by atoms with Crippen LogP contribution in [0.4, 0.5) is 0 Å². The standard InChI is InChI=1S/C79H145NO10/c1-4-7-10-13-16-19-22-25-27-29-31-33-35-37-39-41-43-45-47-49-52-55-58-61-64-67-74(84)90-77-76(86)75(85)73(68-81)89-79(77)88-69-70(71(82)65-62-59-56-53-50-24-21-18-15-12-9-6-3)80-78(87)72(83)66-63-60-57-54-51-48-46-44-42-40-38-36-34-32-30-28-26-23-20-17-14-11-8-5-2/h16-17,19-20,25-28,62,65,70-73,75-77,79,81-83,85-86H,4-15,18,21-24,29-61,63-64,66-69H2,1-3H3,(H,80,87)/b19-16-,20-17-,27-25-,28-26-,65-62+. The van der Waals surface area contributed by atoms with E-state index in [9.17, 15) is 35.1 Å². The van der Waals surface area contributed by atoms with Crippen molar-refractivity contribution < 1.29 is 49.3 Å². The van der Waals surface area contributed by atoms with Crippen LogP contribution in [0, 0.1) is 0 Å². The molecule has 0 bridgehead atoms. The Bertz CT molecular complexity index is 1700. The summed E-state index contributed by atoms with van der Waals surface area (Å²) in [5.41, 5.74) is 0. The lowest BCUT2D eigenvalue weighted by Gasteiger charge is -2.41. The van der Waals surface area contributed by atoms with E-state index in [0.717, 1.165) is 70.6 Å².